The number of ether oxygens (including phenoxy) is 1. The number of nitrogens with zero attached hydrogens (tertiary/aromatic N) is 2. The standard InChI is InChI=1S/C18H23ClN4O5S/c1-22(2)11-9-21-29(26,27)16-7-8-17(18(13-16)23(24)25)20-10-12-28-15-5-3-14(19)4-6-15/h3-8,13,20-21H,9-12H2,1-2H3. The van der Waals surface area contributed by atoms with Crippen molar-refractivity contribution in [3.63, 3.8) is 0 Å². The van der Waals surface area contributed by atoms with E-state index in [1.54, 1.807) is 24.3 Å². The first-order chi connectivity index (χ1) is 13.7. The van der Waals surface area contributed by atoms with Crippen molar-refractivity contribution in [1.29, 1.82) is 0 Å². The molecule has 11 heteroatoms. The molecule has 0 bridgehead atoms. The SMILES string of the molecule is CN(C)CCNS(=O)(=O)c1ccc(NCCOc2ccc(Cl)cc2)c([N+](=O)[O-])c1. The molecule has 0 aliphatic rings. The third kappa shape index (κ3) is 7.17. The minimum Gasteiger partial charge on any atom is -0.492 e. The zero-order chi connectivity index (χ0) is 21.4. The van der Waals surface area contributed by atoms with E-state index in [-0.39, 0.29) is 36.0 Å². The summed E-state index contributed by atoms with van der Waals surface area (Å²) in [5, 5.41) is 14.9. The van der Waals surface area contributed by atoms with Crippen LogP contribution in [0.2, 0.25) is 5.02 Å². The van der Waals surface area contributed by atoms with Gasteiger partial charge in [0.1, 0.15) is 18.0 Å². The number of nitro benzene ring substituents is 1. The van der Waals surface area contributed by atoms with Gasteiger partial charge in [-0.3, -0.25) is 10.1 Å². The summed E-state index contributed by atoms with van der Waals surface area (Å²) in [6.45, 7) is 1.25. The highest BCUT2D eigenvalue weighted by atomic mass is 35.5. The molecular formula is C18H23ClN4O5S. The Morgan fingerprint density at radius 2 is 1.83 bits per heavy atom. The maximum absolute atomic E-state index is 12.3. The number of halogens is 1. The fraction of sp³-hybridized carbons (Fsp3) is 0.333. The summed E-state index contributed by atoms with van der Waals surface area (Å²) < 4.78 is 32.6. The Morgan fingerprint density at radius 1 is 1.14 bits per heavy atom. The Bertz CT molecular complexity index is 936. The molecule has 0 saturated carbocycles. The normalized spacial score (nSPS) is 11.4. The number of benzene rings is 2. The van der Waals surface area contributed by atoms with Gasteiger partial charge in [-0.25, -0.2) is 13.1 Å². The highest BCUT2D eigenvalue weighted by Gasteiger charge is 2.21. The van der Waals surface area contributed by atoms with Crippen LogP contribution < -0.4 is 14.8 Å². The summed E-state index contributed by atoms with van der Waals surface area (Å²) in [6, 6.07) is 10.6. The van der Waals surface area contributed by atoms with Gasteiger partial charge in [0, 0.05) is 30.7 Å². The highest BCUT2D eigenvalue weighted by Crippen LogP contribution is 2.27. The number of sulfonamides is 1. The van der Waals surface area contributed by atoms with Crippen molar-refractivity contribution < 1.29 is 18.1 Å². The molecule has 0 radical (unpaired) electrons. The van der Waals surface area contributed by atoms with Gasteiger partial charge in [0.15, 0.2) is 0 Å². The number of anilines is 1. The molecule has 158 valence electrons. The second-order valence-corrected chi connectivity index (χ2v) is 8.57. The second-order valence-electron chi connectivity index (χ2n) is 6.37. The molecule has 2 aromatic carbocycles. The van der Waals surface area contributed by atoms with E-state index in [0.29, 0.717) is 17.3 Å². The number of likely N-dealkylation sites (N-methyl/N-ethyl adjacent to an activating group) is 1. The summed E-state index contributed by atoms with van der Waals surface area (Å²) in [6.07, 6.45) is 0. The first-order valence-corrected chi connectivity index (χ1v) is 10.6. The molecule has 0 atom stereocenters. The number of hydrogen-bond donors (Lipinski definition) is 2. The van der Waals surface area contributed by atoms with Crippen molar-refractivity contribution in [3.8, 4) is 5.75 Å². The lowest BCUT2D eigenvalue weighted by atomic mass is 10.2. The number of rotatable bonds is 11. The monoisotopic (exact) mass is 442 g/mol. The maximum atomic E-state index is 12.3. The Kier molecular flexibility index (Phi) is 8.21. The van der Waals surface area contributed by atoms with Gasteiger partial charge in [-0.2, -0.15) is 0 Å². The quantitative estimate of drug-likeness (QED) is 0.312. The molecule has 0 saturated heterocycles. The second kappa shape index (κ2) is 10.4. The van der Waals surface area contributed by atoms with Gasteiger partial charge in [-0.1, -0.05) is 11.6 Å². The van der Waals surface area contributed by atoms with Crippen LogP contribution in [0.3, 0.4) is 0 Å². The summed E-state index contributed by atoms with van der Waals surface area (Å²) >= 11 is 5.81. The van der Waals surface area contributed by atoms with Gasteiger partial charge in [-0.15, -0.1) is 0 Å². The van der Waals surface area contributed by atoms with Crippen LogP contribution in [-0.4, -0.2) is 58.6 Å². The van der Waals surface area contributed by atoms with Gasteiger partial charge in [-0.05, 0) is 50.5 Å². The van der Waals surface area contributed by atoms with Gasteiger partial charge in [0.2, 0.25) is 10.0 Å². The lowest BCUT2D eigenvalue weighted by Gasteiger charge is -2.12. The van der Waals surface area contributed by atoms with Gasteiger partial charge in [0.05, 0.1) is 9.82 Å². The lowest BCUT2D eigenvalue weighted by molar-refractivity contribution is -0.384. The fourth-order valence-corrected chi connectivity index (χ4v) is 3.52. The average Bonchev–Trinajstić information content (AvgIpc) is 2.66. The molecule has 0 amide bonds. The molecular weight excluding hydrogens is 420 g/mol. The predicted octanol–water partition coefficient (Wildman–Crippen LogP) is 2.58. The third-order valence-electron chi connectivity index (χ3n) is 3.83. The van der Waals surface area contributed by atoms with E-state index in [0.717, 1.165) is 6.07 Å². The van der Waals surface area contributed by atoms with Gasteiger partial charge in [0.25, 0.3) is 5.69 Å². The van der Waals surface area contributed by atoms with Crippen molar-refractivity contribution in [2.75, 3.05) is 45.7 Å². The zero-order valence-corrected chi connectivity index (χ0v) is 17.7. The van der Waals surface area contributed by atoms with E-state index in [2.05, 4.69) is 10.0 Å². The molecule has 0 aliphatic heterocycles. The molecule has 2 rings (SSSR count). The van der Waals surface area contributed by atoms with Crippen LogP contribution in [0, 0.1) is 10.1 Å². The van der Waals surface area contributed by atoms with E-state index >= 15 is 0 Å². The topological polar surface area (TPSA) is 114 Å². The number of hydrogen-bond acceptors (Lipinski definition) is 7. The summed E-state index contributed by atoms with van der Waals surface area (Å²) in [7, 11) is -0.206. The molecule has 9 nitrogen and oxygen atoms in total. The Balaban J connectivity index is 2.01. The molecule has 0 heterocycles. The van der Waals surface area contributed by atoms with Crippen molar-refractivity contribution in [3.05, 3.63) is 57.6 Å². The van der Waals surface area contributed by atoms with Crippen molar-refractivity contribution in [2.24, 2.45) is 0 Å². The van der Waals surface area contributed by atoms with Gasteiger partial charge < -0.3 is 15.0 Å². The van der Waals surface area contributed by atoms with Crippen LogP contribution in [0.4, 0.5) is 11.4 Å². The van der Waals surface area contributed by atoms with E-state index in [1.165, 1.54) is 12.1 Å². The molecule has 0 unspecified atom stereocenters. The fourth-order valence-electron chi connectivity index (χ4n) is 2.35. The lowest BCUT2D eigenvalue weighted by Crippen LogP contribution is -2.31. The van der Waals surface area contributed by atoms with Crippen LogP contribution in [0.1, 0.15) is 0 Å². The van der Waals surface area contributed by atoms with E-state index in [1.807, 2.05) is 19.0 Å². The summed E-state index contributed by atoms with van der Waals surface area (Å²) in [4.78, 5) is 12.4. The van der Waals surface area contributed by atoms with Crippen LogP contribution in [-0.2, 0) is 10.0 Å². The van der Waals surface area contributed by atoms with Crippen molar-refractivity contribution in [1.82, 2.24) is 9.62 Å². The third-order valence-corrected chi connectivity index (χ3v) is 5.54. The molecule has 0 aromatic heterocycles. The number of nitrogens with one attached hydrogen (secondary N) is 2. The van der Waals surface area contributed by atoms with Crippen LogP contribution >= 0.6 is 11.6 Å². The molecule has 0 fully saturated rings. The van der Waals surface area contributed by atoms with Crippen molar-refractivity contribution in [2.45, 2.75) is 4.90 Å². The zero-order valence-electron chi connectivity index (χ0n) is 16.1. The van der Waals surface area contributed by atoms with E-state index < -0.39 is 14.9 Å². The largest absolute Gasteiger partial charge is 0.492 e. The van der Waals surface area contributed by atoms with Crippen LogP contribution in [0.15, 0.2) is 47.4 Å². The van der Waals surface area contributed by atoms with Crippen LogP contribution in [0.5, 0.6) is 5.75 Å². The minimum absolute atomic E-state index is 0.161. The summed E-state index contributed by atoms with van der Waals surface area (Å²) in [5.41, 5.74) is -0.117. The number of nitro groups is 1. The minimum atomic E-state index is -3.84. The smallest absolute Gasteiger partial charge is 0.293 e. The Morgan fingerprint density at radius 3 is 2.45 bits per heavy atom. The molecule has 0 spiro atoms. The Labute approximate surface area is 174 Å². The van der Waals surface area contributed by atoms with Crippen molar-refractivity contribution >= 4 is 33.0 Å². The molecule has 0 aliphatic carbocycles. The Hall–Kier alpha value is -2.40. The summed E-state index contributed by atoms with van der Waals surface area (Å²) in [5.74, 6) is 0.621. The highest BCUT2D eigenvalue weighted by molar-refractivity contribution is 7.89. The molecule has 2 N–H and O–H groups in total. The van der Waals surface area contributed by atoms with E-state index in [4.69, 9.17) is 16.3 Å². The average molecular weight is 443 g/mol. The predicted molar refractivity (Wildman–Crippen MR) is 112 cm³/mol. The van der Waals surface area contributed by atoms with E-state index in [9.17, 15) is 18.5 Å². The first kappa shape index (κ1) is 22.9. The maximum Gasteiger partial charge on any atom is 0.293 e. The molecule has 2 aromatic rings. The van der Waals surface area contributed by atoms with Crippen LogP contribution in [0.25, 0.3) is 0 Å². The first-order valence-electron chi connectivity index (χ1n) is 8.74. The molecule has 29 heavy (non-hydrogen) atoms. The van der Waals surface area contributed by atoms with Gasteiger partial charge >= 0.3 is 0 Å².